The minimum atomic E-state index is -0.270. The third kappa shape index (κ3) is 4.87. The molecule has 2 heterocycles. The van der Waals surface area contributed by atoms with Gasteiger partial charge in [0.2, 0.25) is 0 Å². The standard InChI is InChI=1S/C27H21ClN2O4S/c1-32-22-11-17(12-23(14-22)33-2)15-30(26(31)18-3-6-21(28)7-4-18)27-29-24-13-19(5-8-25(24)34-27)20-9-10-35-16-20/h3-14,16H,15H2,1-2H3. The third-order valence-corrected chi connectivity index (χ3v) is 6.49. The number of carbonyl (C=O) groups excluding carboxylic acids is 1. The van der Waals surface area contributed by atoms with Crippen molar-refractivity contribution in [3.8, 4) is 22.6 Å². The Bertz CT molecular complexity index is 1460. The minimum Gasteiger partial charge on any atom is -0.497 e. The van der Waals surface area contributed by atoms with E-state index in [0.29, 0.717) is 33.2 Å². The summed E-state index contributed by atoms with van der Waals surface area (Å²) in [6.45, 7) is 0.194. The maximum Gasteiger partial charge on any atom is 0.305 e. The number of hydrogen-bond donors (Lipinski definition) is 0. The molecule has 3 aromatic carbocycles. The van der Waals surface area contributed by atoms with E-state index in [1.165, 1.54) is 4.90 Å². The number of oxazole rings is 1. The van der Waals surface area contributed by atoms with E-state index in [-0.39, 0.29) is 18.5 Å². The van der Waals surface area contributed by atoms with E-state index in [2.05, 4.69) is 16.4 Å². The van der Waals surface area contributed by atoms with Gasteiger partial charge in [-0.3, -0.25) is 9.69 Å². The molecule has 5 rings (SSSR count). The predicted molar refractivity (Wildman–Crippen MR) is 139 cm³/mol. The molecular weight excluding hydrogens is 484 g/mol. The van der Waals surface area contributed by atoms with Crippen LogP contribution in [0.15, 0.2) is 81.9 Å². The van der Waals surface area contributed by atoms with Crippen molar-refractivity contribution in [2.45, 2.75) is 6.54 Å². The second kappa shape index (κ2) is 9.82. The van der Waals surface area contributed by atoms with Crippen molar-refractivity contribution >= 4 is 46.0 Å². The molecule has 0 unspecified atom stereocenters. The Labute approximate surface area is 211 Å². The predicted octanol–water partition coefficient (Wildman–Crippen LogP) is 7.07. The Kier molecular flexibility index (Phi) is 6.44. The number of anilines is 1. The molecule has 0 atom stereocenters. The number of benzene rings is 3. The van der Waals surface area contributed by atoms with E-state index in [1.54, 1.807) is 55.9 Å². The van der Waals surface area contributed by atoms with Gasteiger partial charge in [-0.1, -0.05) is 17.7 Å². The van der Waals surface area contributed by atoms with Gasteiger partial charge in [-0.15, -0.1) is 0 Å². The number of fused-ring (bicyclic) bond motifs is 1. The lowest BCUT2D eigenvalue weighted by Crippen LogP contribution is -2.30. The molecule has 8 heteroatoms. The summed E-state index contributed by atoms with van der Waals surface area (Å²) < 4.78 is 16.9. The molecular formula is C27H21ClN2O4S. The van der Waals surface area contributed by atoms with Crippen molar-refractivity contribution in [2.75, 3.05) is 19.1 Å². The van der Waals surface area contributed by atoms with Crippen LogP contribution in [-0.4, -0.2) is 25.1 Å². The smallest absolute Gasteiger partial charge is 0.305 e. The summed E-state index contributed by atoms with van der Waals surface area (Å²) >= 11 is 7.67. The van der Waals surface area contributed by atoms with Crippen molar-refractivity contribution in [3.63, 3.8) is 0 Å². The quantitative estimate of drug-likeness (QED) is 0.237. The first-order valence-corrected chi connectivity index (χ1v) is 12.1. The Hall–Kier alpha value is -3.81. The van der Waals surface area contributed by atoms with Crippen LogP contribution < -0.4 is 14.4 Å². The molecule has 0 aliphatic carbocycles. The van der Waals surface area contributed by atoms with E-state index in [4.69, 9.17) is 25.5 Å². The second-order valence-corrected chi connectivity index (χ2v) is 9.03. The molecule has 0 saturated carbocycles. The molecule has 0 radical (unpaired) electrons. The van der Waals surface area contributed by atoms with Crippen molar-refractivity contribution in [3.05, 3.63) is 93.6 Å². The highest BCUT2D eigenvalue weighted by Gasteiger charge is 2.24. The van der Waals surface area contributed by atoms with Gasteiger partial charge >= 0.3 is 6.01 Å². The lowest BCUT2D eigenvalue weighted by molar-refractivity contribution is 0.0980. The number of hydrogen-bond acceptors (Lipinski definition) is 6. The van der Waals surface area contributed by atoms with Gasteiger partial charge in [0.25, 0.3) is 5.91 Å². The van der Waals surface area contributed by atoms with E-state index < -0.39 is 0 Å². The fraction of sp³-hybridized carbons (Fsp3) is 0.111. The lowest BCUT2D eigenvalue weighted by atomic mass is 10.1. The molecule has 0 saturated heterocycles. The lowest BCUT2D eigenvalue weighted by Gasteiger charge is -2.20. The van der Waals surface area contributed by atoms with Gasteiger partial charge in [0.15, 0.2) is 5.58 Å². The molecule has 0 aliphatic rings. The highest BCUT2D eigenvalue weighted by atomic mass is 35.5. The summed E-state index contributed by atoms with van der Waals surface area (Å²) in [4.78, 5) is 19.8. The van der Waals surface area contributed by atoms with Crippen molar-refractivity contribution in [1.82, 2.24) is 4.98 Å². The zero-order valence-corrected chi connectivity index (χ0v) is 20.6. The van der Waals surface area contributed by atoms with Crippen LogP contribution in [0.25, 0.3) is 22.2 Å². The normalized spacial score (nSPS) is 10.9. The third-order valence-electron chi connectivity index (χ3n) is 5.55. The van der Waals surface area contributed by atoms with Crippen LogP contribution in [0.1, 0.15) is 15.9 Å². The molecule has 0 fully saturated rings. The van der Waals surface area contributed by atoms with Gasteiger partial charge in [-0.25, -0.2) is 0 Å². The summed E-state index contributed by atoms with van der Waals surface area (Å²) in [5.41, 5.74) is 4.66. The molecule has 35 heavy (non-hydrogen) atoms. The minimum absolute atomic E-state index is 0.194. The van der Waals surface area contributed by atoms with Gasteiger partial charge in [0.1, 0.15) is 17.0 Å². The van der Waals surface area contributed by atoms with Crippen molar-refractivity contribution in [2.24, 2.45) is 0 Å². The van der Waals surface area contributed by atoms with Gasteiger partial charge in [0.05, 0.1) is 20.8 Å². The maximum atomic E-state index is 13.6. The SMILES string of the molecule is COc1cc(CN(C(=O)c2ccc(Cl)cc2)c2nc3cc(-c4ccsc4)ccc3o2)cc(OC)c1. The maximum absolute atomic E-state index is 13.6. The Morgan fingerprint density at radius 3 is 2.37 bits per heavy atom. The average molecular weight is 505 g/mol. The Balaban J connectivity index is 1.57. The number of amides is 1. The highest BCUT2D eigenvalue weighted by Crippen LogP contribution is 2.31. The molecule has 176 valence electrons. The molecule has 0 bridgehead atoms. The number of carbonyl (C=O) groups is 1. The first-order valence-electron chi connectivity index (χ1n) is 10.8. The number of halogens is 1. The largest absolute Gasteiger partial charge is 0.497 e. The van der Waals surface area contributed by atoms with Crippen molar-refractivity contribution < 1.29 is 18.7 Å². The van der Waals surface area contributed by atoms with Crippen LogP contribution in [0.2, 0.25) is 5.02 Å². The van der Waals surface area contributed by atoms with Crippen LogP contribution in [0.3, 0.4) is 0 Å². The van der Waals surface area contributed by atoms with Crippen LogP contribution in [-0.2, 0) is 6.54 Å². The number of ether oxygens (including phenoxy) is 2. The molecule has 5 aromatic rings. The van der Waals surface area contributed by atoms with E-state index >= 15 is 0 Å². The number of rotatable bonds is 7. The molecule has 2 aromatic heterocycles. The monoisotopic (exact) mass is 504 g/mol. The molecule has 0 aliphatic heterocycles. The van der Waals surface area contributed by atoms with Gasteiger partial charge < -0.3 is 13.9 Å². The molecule has 0 spiro atoms. The number of nitrogens with zero attached hydrogens (tertiary/aromatic N) is 2. The first kappa shape index (κ1) is 23.0. The van der Waals surface area contributed by atoms with Gasteiger partial charge in [-0.05, 0) is 82.0 Å². The zero-order chi connectivity index (χ0) is 24.4. The van der Waals surface area contributed by atoms with E-state index in [1.807, 2.05) is 35.7 Å². The molecule has 1 amide bonds. The number of thiophene rings is 1. The summed E-state index contributed by atoms with van der Waals surface area (Å²) in [6, 6.07) is 20.3. The van der Waals surface area contributed by atoms with E-state index in [0.717, 1.165) is 16.7 Å². The van der Waals surface area contributed by atoms with Crippen LogP contribution in [0, 0.1) is 0 Å². The highest BCUT2D eigenvalue weighted by molar-refractivity contribution is 7.08. The Morgan fingerprint density at radius 2 is 1.71 bits per heavy atom. The van der Waals surface area contributed by atoms with E-state index in [9.17, 15) is 4.79 Å². The second-order valence-electron chi connectivity index (χ2n) is 7.81. The number of methoxy groups -OCH3 is 2. The molecule has 6 nitrogen and oxygen atoms in total. The summed E-state index contributed by atoms with van der Waals surface area (Å²) in [7, 11) is 3.17. The Morgan fingerprint density at radius 1 is 0.971 bits per heavy atom. The summed E-state index contributed by atoms with van der Waals surface area (Å²) in [5.74, 6) is 0.973. The first-order chi connectivity index (χ1) is 17.0. The van der Waals surface area contributed by atoms with Crippen LogP contribution in [0.5, 0.6) is 11.5 Å². The van der Waals surface area contributed by atoms with Crippen molar-refractivity contribution in [1.29, 1.82) is 0 Å². The molecule has 0 N–H and O–H groups in total. The van der Waals surface area contributed by atoms with Crippen LogP contribution in [0.4, 0.5) is 6.01 Å². The topological polar surface area (TPSA) is 64.8 Å². The number of aromatic nitrogens is 1. The van der Waals surface area contributed by atoms with Crippen LogP contribution >= 0.6 is 22.9 Å². The fourth-order valence-electron chi connectivity index (χ4n) is 3.75. The zero-order valence-electron chi connectivity index (χ0n) is 19.0. The summed E-state index contributed by atoms with van der Waals surface area (Å²) in [6.07, 6.45) is 0. The fourth-order valence-corrected chi connectivity index (χ4v) is 4.54. The average Bonchev–Trinajstić information content (AvgIpc) is 3.57. The van der Waals surface area contributed by atoms with Gasteiger partial charge in [0, 0.05) is 16.7 Å². The van der Waals surface area contributed by atoms with Gasteiger partial charge in [-0.2, -0.15) is 16.3 Å². The summed E-state index contributed by atoms with van der Waals surface area (Å²) in [5, 5.41) is 4.66.